The van der Waals surface area contributed by atoms with Crippen molar-refractivity contribution in [3.05, 3.63) is 52.7 Å². The number of nitrogens with zero attached hydrogens (tertiary/aromatic N) is 2. The van der Waals surface area contributed by atoms with Crippen molar-refractivity contribution >= 4 is 23.2 Å². The van der Waals surface area contributed by atoms with E-state index in [2.05, 4.69) is 0 Å². The minimum Gasteiger partial charge on any atom is -0.507 e. The first-order valence-electron chi connectivity index (χ1n) is 8.85. The molecule has 1 heterocycles. The highest BCUT2D eigenvalue weighted by atomic mass is 16.6. The van der Waals surface area contributed by atoms with Gasteiger partial charge in [0.15, 0.2) is 5.43 Å². The summed E-state index contributed by atoms with van der Waals surface area (Å²) in [4.78, 5) is 38.4. The molecule has 0 aliphatic heterocycles. The van der Waals surface area contributed by atoms with Crippen LogP contribution in [0.2, 0.25) is 0 Å². The molecule has 0 bridgehead atoms. The Kier molecular flexibility index (Phi) is 5.63. The summed E-state index contributed by atoms with van der Waals surface area (Å²) in [6, 6.07) is 10.1. The van der Waals surface area contributed by atoms with E-state index in [4.69, 9.17) is 13.9 Å². The van der Waals surface area contributed by atoms with Crippen LogP contribution in [0, 0.1) is 0 Å². The van der Waals surface area contributed by atoms with E-state index in [1.54, 1.807) is 38.4 Å². The molecule has 156 valence electrons. The van der Waals surface area contributed by atoms with Gasteiger partial charge in [-0.15, -0.1) is 0 Å². The molecule has 1 N–H and O–H groups in total. The van der Waals surface area contributed by atoms with Crippen molar-refractivity contribution in [3.8, 4) is 28.6 Å². The van der Waals surface area contributed by atoms with Crippen LogP contribution in [0.3, 0.4) is 0 Å². The quantitative estimate of drug-likeness (QED) is 0.703. The molecule has 2 aromatic carbocycles. The Morgan fingerprint density at radius 2 is 1.43 bits per heavy atom. The topological polar surface area (TPSA) is 110 Å². The zero-order valence-electron chi connectivity index (χ0n) is 16.8. The molecule has 0 radical (unpaired) electrons. The van der Waals surface area contributed by atoms with Gasteiger partial charge in [0.05, 0.1) is 0 Å². The summed E-state index contributed by atoms with van der Waals surface area (Å²) in [5, 5.41) is 10.2. The maximum Gasteiger partial charge on any atom is 0.414 e. The Labute approximate surface area is 171 Å². The molecule has 1 aromatic heterocycles. The van der Waals surface area contributed by atoms with Crippen LogP contribution in [0.15, 0.2) is 51.7 Å². The molecule has 0 unspecified atom stereocenters. The largest absolute Gasteiger partial charge is 0.507 e. The Morgan fingerprint density at radius 3 is 2.00 bits per heavy atom. The molecule has 2 amide bonds. The predicted octanol–water partition coefficient (Wildman–Crippen LogP) is 3.29. The van der Waals surface area contributed by atoms with Crippen LogP contribution in [0.4, 0.5) is 9.59 Å². The number of rotatable bonds is 3. The lowest BCUT2D eigenvalue weighted by atomic mass is 10.1. The van der Waals surface area contributed by atoms with Crippen LogP contribution < -0.4 is 14.9 Å². The number of amides is 2. The molecule has 0 saturated heterocycles. The molecule has 3 aromatic rings. The minimum absolute atomic E-state index is 0.0278. The van der Waals surface area contributed by atoms with Gasteiger partial charge in [-0.2, -0.15) is 0 Å². The maximum absolute atomic E-state index is 12.5. The van der Waals surface area contributed by atoms with Crippen LogP contribution >= 0.6 is 0 Å². The van der Waals surface area contributed by atoms with Crippen molar-refractivity contribution in [3.63, 3.8) is 0 Å². The number of carbonyl (C=O) groups is 2. The van der Waals surface area contributed by atoms with Crippen molar-refractivity contribution in [2.75, 3.05) is 28.2 Å². The summed E-state index contributed by atoms with van der Waals surface area (Å²) in [6.45, 7) is 0. The van der Waals surface area contributed by atoms with Crippen LogP contribution in [0.25, 0.3) is 22.3 Å². The average Bonchev–Trinajstić information content (AvgIpc) is 2.67. The van der Waals surface area contributed by atoms with Gasteiger partial charge in [-0.25, -0.2) is 9.59 Å². The van der Waals surface area contributed by atoms with Crippen molar-refractivity contribution in [1.29, 1.82) is 0 Å². The molecule has 9 heteroatoms. The third-order valence-electron chi connectivity index (χ3n) is 4.06. The van der Waals surface area contributed by atoms with Crippen LogP contribution in [0.5, 0.6) is 17.2 Å². The molecule has 0 spiro atoms. The van der Waals surface area contributed by atoms with Crippen molar-refractivity contribution in [1.82, 2.24) is 9.80 Å². The van der Waals surface area contributed by atoms with Gasteiger partial charge < -0.3 is 28.8 Å². The molecular weight excluding hydrogens is 392 g/mol. The fourth-order valence-electron chi connectivity index (χ4n) is 2.52. The molecule has 30 heavy (non-hydrogen) atoms. The molecule has 3 rings (SSSR count). The van der Waals surface area contributed by atoms with Gasteiger partial charge in [-0.05, 0) is 24.3 Å². The fraction of sp³-hybridized carbons (Fsp3) is 0.190. The average molecular weight is 412 g/mol. The number of ether oxygens (including phenoxy) is 2. The molecule has 0 saturated carbocycles. The maximum atomic E-state index is 12.5. The van der Waals surface area contributed by atoms with Gasteiger partial charge in [0, 0.05) is 52.0 Å². The minimum atomic E-state index is -0.643. The van der Waals surface area contributed by atoms with Crippen LogP contribution in [-0.2, 0) is 0 Å². The zero-order chi connectivity index (χ0) is 22.0. The molecule has 0 fully saturated rings. The van der Waals surface area contributed by atoms with E-state index in [0.717, 1.165) is 0 Å². The lowest BCUT2D eigenvalue weighted by Crippen LogP contribution is -2.25. The Balaban J connectivity index is 1.98. The van der Waals surface area contributed by atoms with Crippen LogP contribution in [0.1, 0.15) is 0 Å². The first kappa shape index (κ1) is 20.7. The highest BCUT2D eigenvalue weighted by Crippen LogP contribution is 2.31. The van der Waals surface area contributed by atoms with Gasteiger partial charge in [-0.1, -0.05) is 0 Å². The second-order valence-corrected chi connectivity index (χ2v) is 6.84. The Morgan fingerprint density at radius 1 is 0.867 bits per heavy atom. The van der Waals surface area contributed by atoms with Crippen molar-refractivity contribution in [2.45, 2.75) is 0 Å². The lowest BCUT2D eigenvalue weighted by molar-refractivity contribution is 0.171. The Bertz CT molecular complexity index is 1160. The third kappa shape index (κ3) is 4.35. The van der Waals surface area contributed by atoms with E-state index < -0.39 is 17.6 Å². The summed E-state index contributed by atoms with van der Waals surface area (Å²) in [6.07, 6.45) is -1.16. The summed E-state index contributed by atoms with van der Waals surface area (Å²) in [7, 11) is 6.17. The SMILES string of the molecule is CN(C)C(=O)Oc1ccc(-c2cc(=O)c3c(O)cc(OC(=O)N(C)C)cc3o2)cc1. The number of phenols is 1. The lowest BCUT2D eigenvalue weighted by Gasteiger charge is -2.12. The summed E-state index contributed by atoms with van der Waals surface area (Å²) < 4.78 is 16.1. The normalized spacial score (nSPS) is 10.5. The second-order valence-electron chi connectivity index (χ2n) is 6.84. The zero-order valence-corrected chi connectivity index (χ0v) is 16.8. The predicted molar refractivity (Wildman–Crippen MR) is 109 cm³/mol. The number of aromatic hydroxyl groups is 1. The van der Waals surface area contributed by atoms with E-state index in [0.29, 0.717) is 11.3 Å². The first-order valence-corrected chi connectivity index (χ1v) is 8.85. The van der Waals surface area contributed by atoms with Gasteiger partial charge in [-0.3, -0.25) is 4.79 Å². The van der Waals surface area contributed by atoms with Crippen molar-refractivity contribution < 1.29 is 28.6 Å². The Hall–Kier alpha value is -4.01. The highest BCUT2D eigenvalue weighted by Gasteiger charge is 2.15. The number of benzene rings is 2. The highest BCUT2D eigenvalue weighted by molar-refractivity contribution is 5.87. The van der Waals surface area contributed by atoms with Crippen LogP contribution in [-0.4, -0.2) is 55.3 Å². The van der Waals surface area contributed by atoms with E-state index in [1.165, 1.54) is 42.1 Å². The smallest absolute Gasteiger partial charge is 0.414 e. The summed E-state index contributed by atoms with van der Waals surface area (Å²) >= 11 is 0. The van der Waals surface area contributed by atoms with Gasteiger partial charge >= 0.3 is 12.2 Å². The van der Waals surface area contributed by atoms with Crippen molar-refractivity contribution in [2.24, 2.45) is 0 Å². The summed E-state index contributed by atoms with van der Waals surface area (Å²) in [5.41, 5.74) is 0.147. The molecule has 0 atom stereocenters. The van der Waals surface area contributed by atoms with Gasteiger partial charge in [0.1, 0.15) is 34.0 Å². The molecule has 9 nitrogen and oxygen atoms in total. The molecular formula is C21H20N2O7. The van der Waals surface area contributed by atoms with E-state index in [1.807, 2.05) is 0 Å². The number of hydrogen-bond acceptors (Lipinski definition) is 7. The fourth-order valence-corrected chi connectivity index (χ4v) is 2.52. The number of phenolic OH excluding ortho intramolecular Hbond substituents is 1. The monoisotopic (exact) mass is 412 g/mol. The number of hydrogen-bond donors (Lipinski definition) is 1. The molecule has 0 aliphatic carbocycles. The second kappa shape index (κ2) is 8.16. The van der Waals surface area contributed by atoms with Gasteiger partial charge in [0.2, 0.25) is 0 Å². The summed E-state index contributed by atoms with van der Waals surface area (Å²) in [5.74, 6) is 0.231. The van der Waals surface area contributed by atoms with Gasteiger partial charge in [0.25, 0.3) is 0 Å². The third-order valence-corrected chi connectivity index (χ3v) is 4.06. The van der Waals surface area contributed by atoms with E-state index in [-0.39, 0.29) is 28.2 Å². The standard InChI is InChI=1S/C21H20N2O7/c1-22(2)20(26)28-13-7-5-12(6-8-13)17-11-16(25)19-15(24)9-14(10-18(19)30-17)29-21(27)23(3)4/h5-11,24H,1-4H3. The first-order chi connectivity index (χ1) is 14.2. The van der Waals surface area contributed by atoms with E-state index >= 15 is 0 Å². The number of fused-ring (bicyclic) bond motifs is 1. The molecule has 0 aliphatic rings. The number of carbonyl (C=O) groups excluding carboxylic acids is 2. The van der Waals surface area contributed by atoms with E-state index in [9.17, 15) is 19.5 Å².